The maximum Gasteiger partial charge on any atom is 0.242 e. The van der Waals surface area contributed by atoms with Gasteiger partial charge in [-0.2, -0.15) is 5.10 Å². The van der Waals surface area contributed by atoms with Crippen LogP contribution in [0.1, 0.15) is 31.7 Å². The third-order valence-electron chi connectivity index (χ3n) is 4.38. The van der Waals surface area contributed by atoms with Gasteiger partial charge in [0.1, 0.15) is 6.54 Å². The average Bonchev–Trinajstić information content (AvgIpc) is 3.32. The Morgan fingerprint density at radius 3 is 2.71 bits per heavy atom. The molecule has 1 N–H and O–H groups in total. The maximum atomic E-state index is 12.8. The first-order chi connectivity index (χ1) is 11.6. The van der Waals surface area contributed by atoms with E-state index in [0.717, 1.165) is 30.9 Å². The Bertz CT molecular complexity index is 758. The molecule has 3 rings (SSSR count). The van der Waals surface area contributed by atoms with Crippen LogP contribution < -0.4 is 0 Å². The first-order valence-electron chi connectivity index (χ1n) is 8.58. The second kappa shape index (κ2) is 7.30. The summed E-state index contributed by atoms with van der Waals surface area (Å²) in [6.45, 7) is 6.07. The summed E-state index contributed by atoms with van der Waals surface area (Å²) >= 11 is 5.34. The van der Waals surface area contributed by atoms with Gasteiger partial charge in [0.05, 0.1) is 0 Å². The highest BCUT2D eigenvalue weighted by molar-refractivity contribution is 7.71. The third-order valence-corrected chi connectivity index (χ3v) is 4.69. The molecule has 0 saturated heterocycles. The molecule has 24 heavy (non-hydrogen) atoms. The van der Waals surface area contributed by atoms with Crippen molar-refractivity contribution in [2.45, 2.75) is 39.7 Å². The van der Waals surface area contributed by atoms with E-state index in [4.69, 9.17) is 12.2 Å². The number of aryl methyl sites for hydroxylation is 1. The average molecular weight is 344 g/mol. The van der Waals surface area contributed by atoms with Crippen molar-refractivity contribution in [3.63, 3.8) is 0 Å². The van der Waals surface area contributed by atoms with Crippen LogP contribution >= 0.6 is 12.2 Å². The summed E-state index contributed by atoms with van der Waals surface area (Å²) in [6.07, 6.45) is 3.46. The number of hydrogen-bond donors (Lipinski definition) is 1. The van der Waals surface area contributed by atoms with Crippen molar-refractivity contribution in [2.75, 3.05) is 13.1 Å². The standard InChI is InChI=1S/C18H24N4OS/c1-3-10-21(11-14-6-7-14)16(23)12-22-17(19-20-18(22)24)15-8-4-13(2)5-9-15/h4-5,8-9,14H,3,6-7,10-12H2,1-2H3,(H,20,24). The van der Waals surface area contributed by atoms with Gasteiger partial charge in [0, 0.05) is 18.7 Å². The minimum Gasteiger partial charge on any atom is -0.341 e. The van der Waals surface area contributed by atoms with Crippen molar-refractivity contribution >= 4 is 18.1 Å². The summed E-state index contributed by atoms with van der Waals surface area (Å²) in [6, 6.07) is 8.09. The Kier molecular flexibility index (Phi) is 5.14. The Balaban J connectivity index is 1.81. The second-order valence-electron chi connectivity index (χ2n) is 6.59. The second-order valence-corrected chi connectivity index (χ2v) is 6.97. The predicted octanol–water partition coefficient (Wildman–Crippen LogP) is 3.56. The summed E-state index contributed by atoms with van der Waals surface area (Å²) in [4.78, 5) is 14.7. The van der Waals surface area contributed by atoms with E-state index < -0.39 is 0 Å². The monoisotopic (exact) mass is 344 g/mol. The predicted molar refractivity (Wildman–Crippen MR) is 97.2 cm³/mol. The molecule has 1 fully saturated rings. The quantitative estimate of drug-likeness (QED) is 0.781. The van der Waals surface area contributed by atoms with Gasteiger partial charge in [0.15, 0.2) is 10.6 Å². The summed E-state index contributed by atoms with van der Waals surface area (Å²) in [5.74, 6) is 1.53. The molecule has 1 heterocycles. The van der Waals surface area contributed by atoms with Gasteiger partial charge in [0.2, 0.25) is 5.91 Å². The lowest BCUT2D eigenvalue weighted by Gasteiger charge is -2.22. The number of H-pyrrole nitrogens is 1. The molecule has 0 aliphatic heterocycles. The van der Waals surface area contributed by atoms with Crippen LogP contribution in [0.4, 0.5) is 0 Å². The van der Waals surface area contributed by atoms with Crippen LogP contribution in [0, 0.1) is 17.6 Å². The Labute approximate surface area is 147 Å². The van der Waals surface area contributed by atoms with Crippen molar-refractivity contribution < 1.29 is 4.79 Å². The van der Waals surface area contributed by atoms with E-state index in [0.29, 0.717) is 10.7 Å². The fourth-order valence-electron chi connectivity index (χ4n) is 2.82. The van der Waals surface area contributed by atoms with Crippen molar-refractivity contribution in [3.05, 3.63) is 34.6 Å². The molecule has 0 bridgehead atoms. The van der Waals surface area contributed by atoms with Crippen LogP contribution in [0.15, 0.2) is 24.3 Å². The van der Waals surface area contributed by atoms with Crippen molar-refractivity contribution in [1.29, 1.82) is 0 Å². The molecule has 2 aromatic rings. The molecule has 0 unspecified atom stereocenters. The number of amides is 1. The van der Waals surface area contributed by atoms with Gasteiger partial charge in [0.25, 0.3) is 0 Å². The Hall–Kier alpha value is -1.95. The van der Waals surface area contributed by atoms with Crippen molar-refractivity contribution in [1.82, 2.24) is 19.7 Å². The first kappa shape index (κ1) is 16.9. The molecular weight excluding hydrogens is 320 g/mol. The van der Waals surface area contributed by atoms with Gasteiger partial charge in [-0.15, -0.1) is 0 Å². The lowest BCUT2D eigenvalue weighted by atomic mass is 10.1. The van der Waals surface area contributed by atoms with E-state index in [2.05, 4.69) is 17.1 Å². The van der Waals surface area contributed by atoms with Gasteiger partial charge in [-0.1, -0.05) is 36.8 Å². The number of carbonyl (C=O) groups excluding carboxylic acids is 1. The fraction of sp³-hybridized carbons (Fsp3) is 0.500. The lowest BCUT2D eigenvalue weighted by Crippen LogP contribution is -2.36. The van der Waals surface area contributed by atoms with Gasteiger partial charge in [-0.25, -0.2) is 0 Å². The largest absolute Gasteiger partial charge is 0.341 e. The zero-order chi connectivity index (χ0) is 17.1. The molecule has 0 spiro atoms. The lowest BCUT2D eigenvalue weighted by molar-refractivity contribution is -0.132. The fourth-order valence-corrected chi connectivity index (χ4v) is 3.02. The SMILES string of the molecule is CCCN(CC1CC1)C(=O)Cn1c(-c2ccc(C)cc2)n[nH]c1=S. The molecule has 1 aromatic carbocycles. The van der Waals surface area contributed by atoms with E-state index in [-0.39, 0.29) is 12.5 Å². The van der Waals surface area contributed by atoms with Crippen LogP contribution in [-0.4, -0.2) is 38.7 Å². The van der Waals surface area contributed by atoms with Gasteiger partial charge >= 0.3 is 0 Å². The minimum atomic E-state index is 0.120. The minimum absolute atomic E-state index is 0.120. The molecular formula is C18H24N4OS. The molecule has 1 aromatic heterocycles. The first-order valence-corrected chi connectivity index (χ1v) is 8.99. The summed E-state index contributed by atoms with van der Waals surface area (Å²) < 4.78 is 2.29. The molecule has 128 valence electrons. The number of nitrogens with zero attached hydrogens (tertiary/aromatic N) is 3. The molecule has 0 atom stereocenters. The van der Waals surface area contributed by atoms with E-state index in [1.807, 2.05) is 36.1 Å². The maximum absolute atomic E-state index is 12.8. The number of hydrogen-bond acceptors (Lipinski definition) is 3. The van der Waals surface area contributed by atoms with Crippen LogP contribution in [0.2, 0.25) is 0 Å². The molecule has 1 aliphatic carbocycles. The number of rotatable bonds is 7. The van der Waals surface area contributed by atoms with E-state index in [9.17, 15) is 4.79 Å². The highest BCUT2D eigenvalue weighted by Gasteiger charge is 2.26. The molecule has 6 heteroatoms. The highest BCUT2D eigenvalue weighted by Crippen LogP contribution is 2.30. The Morgan fingerprint density at radius 2 is 2.08 bits per heavy atom. The van der Waals surface area contributed by atoms with Gasteiger partial charge in [-0.05, 0) is 44.3 Å². The summed E-state index contributed by atoms with van der Waals surface area (Å²) in [7, 11) is 0. The van der Waals surface area contributed by atoms with Crippen LogP contribution in [0.3, 0.4) is 0 Å². The van der Waals surface area contributed by atoms with E-state index in [1.165, 1.54) is 18.4 Å². The Morgan fingerprint density at radius 1 is 1.38 bits per heavy atom. The van der Waals surface area contributed by atoms with Crippen LogP contribution in [0.5, 0.6) is 0 Å². The molecule has 1 saturated carbocycles. The van der Waals surface area contributed by atoms with Gasteiger partial charge in [-0.3, -0.25) is 14.5 Å². The van der Waals surface area contributed by atoms with Crippen molar-refractivity contribution in [3.8, 4) is 11.4 Å². The number of nitrogens with one attached hydrogen (secondary N) is 1. The molecule has 0 radical (unpaired) electrons. The number of aromatic amines is 1. The zero-order valence-corrected chi connectivity index (χ0v) is 15.1. The van der Waals surface area contributed by atoms with Crippen LogP contribution in [0.25, 0.3) is 11.4 Å². The summed E-state index contributed by atoms with van der Waals surface area (Å²) in [5, 5.41) is 7.15. The molecule has 1 amide bonds. The molecule has 1 aliphatic rings. The third kappa shape index (κ3) is 3.93. The highest BCUT2D eigenvalue weighted by atomic mass is 32.1. The van der Waals surface area contributed by atoms with E-state index >= 15 is 0 Å². The topological polar surface area (TPSA) is 53.9 Å². The smallest absolute Gasteiger partial charge is 0.242 e. The van der Waals surface area contributed by atoms with Crippen LogP contribution in [-0.2, 0) is 11.3 Å². The number of aromatic nitrogens is 3. The van der Waals surface area contributed by atoms with Crippen molar-refractivity contribution in [2.24, 2.45) is 5.92 Å². The normalized spacial score (nSPS) is 13.9. The number of carbonyl (C=O) groups is 1. The number of benzene rings is 1. The summed E-state index contributed by atoms with van der Waals surface area (Å²) in [5.41, 5.74) is 2.15. The van der Waals surface area contributed by atoms with E-state index in [1.54, 1.807) is 4.57 Å². The molecule has 5 nitrogen and oxygen atoms in total. The zero-order valence-electron chi connectivity index (χ0n) is 14.3. The van der Waals surface area contributed by atoms with Gasteiger partial charge < -0.3 is 4.90 Å².